The molecule has 2 N–H and O–H groups in total. The molecule has 1 heterocycles. The third kappa shape index (κ3) is 7.40. The van der Waals surface area contributed by atoms with Gasteiger partial charge in [-0.15, -0.1) is 0 Å². The van der Waals surface area contributed by atoms with Crippen molar-refractivity contribution in [2.45, 2.75) is 58.1 Å². The first-order chi connectivity index (χ1) is 13.3. The summed E-state index contributed by atoms with van der Waals surface area (Å²) in [6.07, 6.45) is 2.48. The summed E-state index contributed by atoms with van der Waals surface area (Å²) in [6.45, 7) is 13.0. The summed E-state index contributed by atoms with van der Waals surface area (Å²) in [5, 5.41) is 6.96. The lowest BCUT2D eigenvalue weighted by Gasteiger charge is -2.34. The first-order valence-electron chi connectivity index (χ1n) is 10.4. The van der Waals surface area contributed by atoms with Crippen molar-refractivity contribution >= 4 is 5.96 Å². The second-order valence-electron chi connectivity index (χ2n) is 8.50. The van der Waals surface area contributed by atoms with Gasteiger partial charge >= 0.3 is 0 Å². The molecule has 1 aromatic rings. The lowest BCUT2D eigenvalue weighted by atomic mass is 9.84. The average molecular weight is 393 g/mol. The van der Waals surface area contributed by atoms with Crippen LogP contribution in [0.15, 0.2) is 29.3 Å². The average Bonchev–Trinajstić information content (AvgIpc) is 2.66. The summed E-state index contributed by atoms with van der Waals surface area (Å²) in [4.78, 5) is 6.83. The molecule has 28 heavy (non-hydrogen) atoms. The van der Waals surface area contributed by atoms with E-state index in [4.69, 9.17) is 4.74 Å². The van der Waals surface area contributed by atoms with E-state index in [9.17, 15) is 4.39 Å². The molecule has 0 unspecified atom stereocenters. The van der Waals surface area contributed by atoms with Gasteiger partial charge in [-0.05, 0) is 44.4 Å². The summed E-state index contributed by atoms with van der Waals surface area (Å²) in [5.74, 6) is 0.615. The number of piperidine rings is 1. The minimum absolute atomic E-state index is 0.195. The standard InChI is InChI=1S/C22H37FN4O/c1-17(2)28-14-13-27-11-9-20(10-12-27)26-21(24-5)25-16-22(3,4)18-7-6-8-19(23)15-18/h6-8,15,17,20H,9-14,16H2,1-5H3,(H2,24,25,26). The molecule has 0 amide bonds. The number of hydrogen-bond acceptors (Lipinski definition) is 3. The zero-order chi connectivity index (χ0) is 20.6. The third-order valence-corrected chi connectivity index (χ3v) is 5.31. The molecule has 0 radical (unpaired) electrons. The van der Waals surface area contributed by atoms with Crippen molar-refractivity contribution in [2.24, 2.45) is 4.99 Å². The Morgan fingerprint density at radius 3 is 2.64 bits per heavy atom. The van der Waals surface area contributed by atoms with Gasteiger partial charge < -0.3 is 20.3 Å². The number of benzene rings is 1. The molecular formula is C22H37FN4O. The minimum Gasteiger partial charge on any atom is -0.377 e. The van der Waals surface area contributed by atoms with Gasteiger partial charge in [-0.3, -0.25) is 4.99 Å². The van der Waals surface area contributed by atoms with E-state index in [-0.39, 0.29) is 11.2 Å². The minimum atomic E-state index is -0.196. The number of guanidine groups is 1. The van der Waals surface area contributed by atoms with Crippen LogP contribution in [0, 0.1) is 5.82 Å². The molecule has 1 saturated heterocycles. The number of aliphatic imine (C=N–C) groups is 1. The molecule has 6 heteroatoms. The third-order valence-electron chi connectivity index (χ3n) is 5.31. The second-order valence-corrected chi connectivity index (χ2v) is 8.50. The zero-order valence-corrected chi connectivity index (χ0v) is 18.1. The Morgan fingerprint density at radius 1 is 1.32 bits per heavy atom. The molecule has 0 bridgehead atoms. The van der Waals surface area contributed by atoms with Gasteiger partial charge in [-0.2, -0.15) is 0 Å². The van der Waals surface area contributed by atoms with E-state index >= 15 is 0 Å². The maximum absolute atomic E-state index is 13.6. The molecule has 0 aromatic heterocycles. The molecule has 0 spiro atoms. The van der Waals surface area contributed by atoms with E-state index in [1.807, 2.05) is 6.07 Å². The number of nitrogens with one attached hydrogen (secondary N) is 2. The molecule has 0 aliphatic carbocycles. The van der Waals surface area contributed by atoms with Gasteiger partial charge in [-0.1, -0.05) is 26.0 Å². The van der Waals surface area contributed by atoms with Crippen molar-refractivity contribution in [3.63, 3.8) is 0 Å². The second kappa shape index (κ2) is 10.8. The highest BCUT2D eigenvalue weighted by molar-refractivity contribution is 5.80. The van der Waals surface area contributed by atoms with Gasteiger partial charge in [0.25, 0.3) is 0 Å². The molecule has 0 saturated carbocycles. The Labute approximate surface area is 169 Å². The summed E-state index contributed by atoms with van der Waals surface area (Å²) in [7, 11) is 1.79. The van der Waals surface area contributed by atoms with Crippen LogP contribution in [0.2, 0.25) is 0 Å². The molecule has 0 atom stereocenters. The van der Waals surface area contributed by atoms with Crippen molar-refractivity contribution in [2.75, 3.05) is 39.8 Å². The van der Waals surface area contributed by atoms with Gasteiger partial charge in [0, 0.05) is 44.7 Å². The molecule has 1 aromatic carbocycles. The number of nitrogens with zero attached hydrogens (tertiary/aromatic N) is 2. The van der Waals surface area contributed by atoms with Gasteiger partial charge in [-0.25, -0.2) is 4.39 Å². The van der Waals surface area contributed by atoms with Crippen molar-refractivity contribution in [3.8, 4) is 0 Å². The number of likely N-dealkylation sites (tertiary alicyclic amines) is 1. The van der Waals surface area contributed by atoms with Crippen LogP contribution in [0.1, 0.15) is 46.1 Å². The van der Waals surface area contributed by atoms with E-state index in [1.54, 1.807) is 19.2 Å². The highest BCUT2D eigenvalue weighted by atomic mass is 19.1. The van der Waals surface area contributed by atoms with Crippen molar-refractivity contribution < 1.29 is 9.13 Å². The van der Waals surface area contributed by atoms with Crippen molar-refractivity contribution in [1.82, 2.24) is 15.5 Å². The Morgan fingerprint density at radius 2 is 2.04 bits per heavy atom. The maximum atomic E-state index is 13.6. The molecule has 158 valence electrons. The van der Waals surface area contributed by atoms with E-state index in [0.717, 1.165) is 50.6 Å². The molecule has 1 aliphatic rings. The monoisotopic (exact) mass is 392 g/mol. The van der Waals surface area contributed by atoms with Gasteiger partial charge in [0.15, 0.2) is 5.96 Å². The fourth-order valence-corrected chi connectivity index (χ4v) is 3.42. The summed E-state index contributed by atoms with van der Waals surface area (Å²) >= 11 is 0. The number of ether oxygens (including phenoxy) is 1. The van der Waals surface area contributed by atoms with Crippen molar-refractivity contribution in [1.29, 1.82) is 0 Å². The Kier molecular flexibility index (Phi) is 8.70. The van der Waals surface area contributed by atoms with Crippen LogP contribution >= 0.6 is 0 Å². The van der Waals surface area contributed by atoms with Gasteiger partial charge in [0.2, 0.25) is 0 Å². The summed E-state index contributed by atoms with van der Waals surface area (Å²) in [5.41, 5.74) is 0.784. The SMILES string of the molecule is CN=C(NCC(C)(C)c1cccc(F)c1)NC1CCN(CCOC(C)C)CC1. The highest BCUT2D eigenvalue weighted by Crippen LogP contribution is 2.22. The molecular weight excluding hydrogens is 355 g/mol. The highest BCUT2D eigenvalue weighted by Gasteiger charge is 2.23. The lowest BCUT2D eigenvalue weighted by Crippen LogP contribution is -2.50. The molecule has 1 aliphatic heterocycles. The fraction of sp³-hybridized carbons (Fsp3) is 0.682. The Hall–Kier alpha value is -1.66. The maximum Gasteiger partial charge on any atom is 0.191 e. The van der Waals surface area contributed by atoms with Gasteiger partial charge in [0.1, 0.15) is 5.82 Å². The van der Waals surface area contributed by atoms with Crippen LogP contribution in [0.3, 0.4) is 0 Å². The predicted molar refractivity (Wildman–Crippen MR) is 114 cm³/mol. The van der Waals surface area contributed by atoms with Crippen LogP contribution < -0.4 is 10.6 Å². The molecule has 1 fully saturated rings. The Balaban J connectivity index is 1.76. The largest absolute Gasteiger partial charge is 0.377 e. The van der Waals surface area contributed by atoms with E-state index in [1.165, 1.54) is 6.07 Å². The van der Waals surface area contributed by atoms with Crippen LogP contribution in [0.5, 0.6) is 0 Å². The summed E-state index contributed by atoms with van der Waals surface area (Å²) in [6, 6.07) is 7.25. The predicted octanol–water partition coefficient (Wildman–Crippen LogP) is 3.16. The first kappa shape index (κ1) is 22.6. The first-order valence-corrected chi connectivity index (χ1v) is 10.4. The number of hydrogen-bond donors (Lipinski definition) is 2. The van der Waals surface area contributed by atoms with Crippen molar-refractivity contribution in [3.05, 3.63) is 35.6 Å². The Bertz CT molecular complexity index is 625. The van der Waals surface area contributed by atoms with E-state index in [0.29, 0.717) is 18.7 Å². The number of halogens is 1. The number of rotatable bonds is 8. The fourth-order valence-electron chi connectivity index (χ4n) is 3.42. The topological polar surface area (TPSA) is 48.9 Å². The molecule has 5 nitrogen and oxygen atoms in total. The molecule has 2 rings (SSSR count). The zero-order valence-electron chi connectivity index (χ0n) is 18.1. The van der Waals surface area contributed by atoms with E-state index < -0.39 is 0 Å². The lowest BCUT2D eigenvalue weighted by molar-refractivity contribution is 0.0532. The van der Waals surface area contributed by atoms with Crippen LogP contribution in [-0.2, 0) is 10.2 Å². The normalized spacial score (nSPS) is 17.2. The van der Waals surface area contributed by atoms with Crippen LogP contribution in [0.25, 0.3) is 0 Å². The van der Waals surface area contributed by atoms with E-state index in [2.05, 4.69) is 48.2 Å². The summed E-state index contributed by atoms with van der Waals surface area (Å²) < 4.78 is 19.2. The smallest absolute Gasteiger partial charge is 0.191 e. The quantitative estimate of drug-likeness (QED) is 0.527. The van der Waals surface area contributed by atoms with Crippen LogP contribution in [0.4, 0.5) is 4.39 Å². The van der Waals surface area contributed by atoms with Crippen LogP contribution in [-0.4, -0.2) is 62.8 Å². The van der Waals surface area contributed by atoms with Gasteiger partial charge in [0.05, 0.1) is 12.7 Å².